The van der Waals surface area contributed by atoms with Gasteiger partial charge in [-0.05, 0) is 31.0 Å². The van der Waals surface area contributed by atoms with Crippen molar-refractivity contribution in [2.45, 2.75) is 12.8 Å². The fourth-order valence-corrected chi connectivity index (χ4v) is 2.66. The Labute approximate surface area is 148 Å². The summed E-state index contributed by atoms with van der Waals surface area (Å²) in [5.41, 5.74) is 5.26. The second-order valence-electron chi connectivity index (χ2n) is 5.61. The third-order valence-electron chi connectivity index (χ3n) is 3.77. The average Bonchev–Trinajstić information content (AvgIpc) is 2.59. The van der Waals surface area contributed by atoms with Crippen LogP contribution >= 0.6 is 11.6 Å². The molecule has 1 aliphatic rings. The molecule has 1 saturated heterocycles. The van der Waals surface area contributed by atoms with Gasteiger partial charge in [0.15, 0.2) is 13.2 Å². The third-order valence-corrected chi connectivity index (χ3v) is 4.07. The fourth-order valence-electron chi connectivity index (χ4n) is 2.44. The SMILES string of the molecule is NC(=O)[C@H]1CCCN(C(=O)COC(=O)COc2ccc(F)cc2Cl)C1. The number of hydrogen-bond acceptors (Lipinski definition) is 5. The number of halogens is 2. The quantitative estimate of drug-likeness (QED) is 0.754. The van der Waals surface area contributed by atoms with Crippen LogP contribution < -0.4 is 10.5 Å². The van der Waals surface area contributed by atoms with Crippen LogP contribution in [0.3, 0.4) is 0 Å². The molecule has 2 amide bonds. The first-order valence-corrected chi connectivity index (χ1v) is 8.05. The van der Waals surface area contributed by atoms with Gasteiger partial charge in [-0.2, -0.15) is 0 Å². The number of esters is 1. The third kappa shape index (κ3) is 5.60. The number of primary amides is 1. The Kier molecular flexibility index (Phi) is 6.58. The molecule has 0 unspecified atom stereocenters. The van der Waals surface area contributed by atoms with Gasteiger partial charge >= 0.3 is 5.97 Å². The summed E-state index contributed by atoms with van der Waals surface area (Å²) in [5.74, 6) is -2.39. The van der Waals surface area contributed by atoms with E-state index in [2.05, 4.69) is 0 Å². The number of likely N-dealkylation sites (tertiary alicyclic amines) is 1. The Bertz CT molecular complexity index is 670. The monoisotopic (exact) mass is 372 g/mol. The van der Waals surface area contributed by atoms with E-state index >= 15 is 0 Å². The van der Waals surface area contributed by atoms with Crippen LogP contribution in [-0.4, -0.2) is 49.0 Å². The minimum absolute atomic E-state index is 0.0229. The van der Waals surface area contributed by atoms with Crippen molar-refractivity contribution in [2.24, 2.45) is 11.7 Å². The maximum Gasteiger partial charge on any atom is 0.344 e. The fraction of sp³-hybridized carbons (Fsp3) is 0.438. The molecule has 1 heterocycles. The van der Waals surface area contributed by atoms with E-state index < -0.39 is 36.8 Å². The number of carbonyl (C=O) groups excluding carboxylic acids is 3. The van der Waals surface area contributed by atoms with Crippen molar-refractivity contribution >= 4 is 29.4 Å². The van der Waals surface area contributed by atoms with Crippen molar-refractivity contribution in [2.75, 3.05) is 26.3 Å². The molecule has 1 aromatic carbocycles. The van der Waals surface area contributed by atoms with Gasteiger partial charge in [0, 0.05) is 13.1 Å². The molecule has 0 saturated carbocycles. The molecular weight excluding hydrogens is 355 g/mol. The standard InChI is InChI=1S/C16H18ClFN2O5/c17-12-6-11(18)3-4-13(12)24-9-15(22)25-8-14(21)20-5-1-2-10(7-20)16(19)23/h3-4,6,10H,1-2,5,7-9H2,(H2,19,23)/t10-/m0/s1. The van der Waals surface area contributed by atoms with Gasteiger partial charge in [0.25, 0.3) is 5.91 Å². The van der Waals surface area contributed by atoms with Crippen LogP contribution in [0.2, 0.25) is 5.02 Å². The van der Waals surface area contributed by atoms with Crippen LogP contribution in [0, 0.1) is 11.7 Å². The van der Waals surface area contributed by atoms with Crippen molar-refractivity contribution in [1.29, 1.82) is 0 Å². The van der Waals surface area contributed by atoms with Gasteiger partial charge in [-0.1, -0.05) is 11.6 Å². The molecule has 0 aromatic heterocycles. The highest BCUT2D eigenvalue weighted by molar-refractivity contribution is 6.32. The Hall–Kier alpha value is -2.35. The predicted molar refractivity (Wildman–Crippen MR) is 86.4 cm³/mol. The molecule has 0 bridgehead atoms. The number of hydrogen-bond donors (Lipinski definition) is 1. The van der Waals surface area contributed by atoms with Gasteiger partial charge < -0.3 is 20.1 Å². The summed E-state index contributed by atoms with van der Waals surface area (Å²) in [4.78, 5) is 36.3. The minimum Gasteiger partial charge on any atom is -0.480 e. The molecule has 7 nitrogen and oxygen atoms in total. The zero-order valence-corrected chi connectivity index (χ0v) is 14.1. The molecule has 1 atom stereocenters. The lowest BCUT2D eigenvalue weighted by atomic mass is 9.97. The molecule has 0 spiro atoms. The number of ether oxygens (including phenoxy) is 2. The number of nitrogens with two attached hydrogens (primary N) is 1. The zero-order valence-electron chi connectivity index (χ0n) is 13.4. The Balaban J connectivity index is 1.75. The summed E-state index contributed by atoms with van der Waals surface area (Å²) in [7, 11) is 0. The number of rotatable bonds is 6. The highest BCUT2D eigenvalue weighted by Gasteiger charge is 2.27. The topological polar surface area (TPSA) is 98.9 Å². The summed E-state index contributed by atoms with van der Waals surface area (Å²) in [6.07, 6.45) is 1.31. The van der Waals surface area contributed by atoms with Crippen LogP contribution in [-0.2, 0) is 19.1 Å². The van der Waals surface area contributed by atoms with E-state index in [0.29, 0.717) is 19.4 Å². The van der Waals surface area contributed by atoms with E-state index in [1.807, 2.05) is 0 Å². The number of benzene rings is 1. The first-order chi connectivity index (χ1) is 11.9. The largest absolute Gasteiger partial charge is 0.480 e. The van der Waals surface area contributed by atoms with Crippen molar-refractivity contribution in [3.63, 3.8) is 0 Å². The predicted octanol–water partition coefficient (Wildman–Crippen LogP) is 1.13. The van der Waals surface area contributed by atoms with Crippen LogP contribution in [0.15, 0.2) is 18.2 Å². The molecule has 25 heavy (non-hydrogen) atoms. The lowest BCUT2D eigenvalue weighted by Gasteiger charge is -2.31. The summed E-state index contributed by atoms with van der Waals surface area (Å²) >= 11 is 5.77. The molecule has 9 heteroatoms. The van der Waals surface area contributed by atoms with Crippen LogP contribution in [0.1, 0.15) is 12.8 Å². The molecule has 0 aliphatic carbocycles. The maximum atomic E-state index is 12.9. The van der Waals surface area contributed by atoms with Crippen molar-refractivity contribution in [3.05, 3.63) is 29.0 Å². The number of carbonyl (C=O) groups is 3. The van der Waals surface area contributed by atoms with Gasteiger partial charge in [0.2, 0.25) is 5.91 Å². The van der Waals surface area contributed by atoms with Crippen molar-refractivity contribution in [3.8, 4) is 5.75 Å². The average molecular weight is 373 g/mol. The first-order valence-electron chi connectivity index (χ1n) is 7.67. The minimum atomic E-state index is -0.766. The Morgan fingerprint density at radius 3 is 2.76 bits per heavy atom. The van der Waals surface area contributed by atoms with Crippen LogP contribution in [0.25, 0.3) is 0 Å². The number of nitrogens with zero attached hydrogens (tertiary/aromatic N) is 1. The second-order valence-corrected chi connectivity index (χ2v) is 6.01. The summed E-state index contributed by atoms with van der Waals surface area (Å²) in [6, 6.07) is 3.48. The summed E-state index contributed by atoms with van der Waals surface area (Å²) < 4.78 is 22.9. The number of piperidine rings is 1. The molecule has 1 aliphatic heterocycles. The zero-order chi connectivity index (χ0) is 18.4. The molecule has 1 aromatic rings. The second kappa shape index (κ2) is 8.66. The van der Waals surface area contributed by atoms with E-state index in [1.54, 1.807) is 0 Å². The van der Waals surface area contributed by atoms with E-state index in [-0.39, 0.29) is 23.2 Å². The Morgan fingerprint density at radius 2 is 2.08 bits per heavy atom. The first kappa shape index (κ1) is 19.0. The van der Waals surface area contributed by atoms with Gasteiger partial charge in [-0.3, -0.25) is 9.59 Å². The maximum absolute atomic E-state index is 12.9. The van der Waals surface area contributed by atoms with Crippen molar-refractivity contribution < 1.29 is 28.2 Å². The lowest BCUT2D eigenvalue weighted by molar-refractivity contribution is -0.154. The highest BCUT2D eigenvalue weighted by atomic mass is 35.5. The van der Waals surface area contributed by atoms with E-state index in [9.17, 15) is 18.8 Å². The van der Waals surface area contributed by atoms with E-state index in [0.717, 1.165) is 12.1 Å². The van der Waals surface area contributed by atoms with Gasteiger partial charge in [-0.15, -0.1) is 0 Å². The van der Waals surface area contributed by atoms with E-state index in [1.165, 1.54) is 11.0 Å². The van der Waals surface area contributed by atoms with Gasteiger partial charge in [0.1, 0.15) is 11.6 Å². The summed E-state index contributed by atoms with van der Waals surface area (Å²) in [5, 5.41) is 0.0229. The summed E-state index contributed by atoms with van der Waals surface area (Å²) in [6.45, 7) is -0.206. The molecule has 1 fully saturated rings. The highest BCUT2D eigenvalue weighted by Crippen LogP contribution is 2.24. The molecule has 2 N–H and O–H groups in total. The Morgan fingerprint density at radius 1 is 1.32 bits per heavy atom. The van der Waals surface area contributed by atoms with Crippen LogP contribution in [0.4, 0.5) is 4.39 Å². The number of amides is 2. The van der Waals surface area contributed by atoms with Gasteiger partial charge in [-0.25, -0.2) is 9.18 Å². The smallest absolute Gasteiger partial charge is 0.344 e. The van der Waals surface area contributed by atoms with Crippen LogP contribution in [0.5, 0.6) is 5.75 Å². The van der Waals surface area contributed by atoms with Crippen molar-refractivity contribution in [1.82, 2.24) is 4.90 Å². The molecular formula is C16H18ClFN2O5. The molecule has 2 rings (SSSR count). The lowest BCUT2D eigenvalue weighted by Crippen LogP contribution is -2.45. The van der Waals surface area contributed by atoms with E-state index in [4.69, 9.17) is 26.8 Å². The normalized spacial score (nSPS) is 17.0. The molecule has 0 radical (unpaired) electrons. The molecule has 136 valence electrons. The van der Waals surface area contributed by atoms with Gasteiger partial charge in [0.05, 0.1) is 10.9 Å².